The molecule has 27 heavy (non-hydrogen) atoms. The van der Waals surface area contributed by atoms with Gasteiger partial charge in [-0.2, -0.15) is 5.10 Å². The number of hydrogen-bond acceptors (Lipinski definition) is 4. The maximum Gasteiger partial charge on any atom is 0.275 e. The van der Waals surface area contributed by atoms with Gasteiger partial charge in [-0.1, -0.05) is 18.2 Å². The summed E-state index contributed by atoms with van der Waals surface area (Å²) in [6, 6.07) is 7.77. The van der Waals surface area contributed by atoms with Gasteiger partial charge in [0.25, 0.3) is 5.91 Å². The summed E-state index contributed by atoms with van der Waals surface area (Å²) < 4.78 is 2.22. The second kappa shape index (κ2) is 7.52. The van der Waals surface area contributed by atoms with Gasteiger partial charge >= 0.3 is 0 Å². The van der Waals surface area contributed by atoms with Crippen LogP contribution in [0.4, 0.5) is 0 Å². The number of hydrogen-bond donors (Lipinski definition) is 1. The number of imidazole rings is 1. The average molecular weight is 366 g/mol. The number of aromatic amines is 1. The fourth-order valence-corrected chi connectivity index (χ4v) is 3.83. The van der Waals surface area contributed by atoms with Gasteiger partial charge in [-0.15, -0.1) is 0 Å². The van der Waals surface area contributed by atoms with Crippen LogP contribution in [0, 0.1) is 0 Å². The lowest BCUT2D eigenvalue weighted by atomic mass is 9.96. The Morgan fingerprint density at radius 3 is 3.04 bits per heavy atom. The lowest BCUT2D eigenvalue weighted by Gasteiger charge is -2.32. The van der Waals surface area contributed by atoms with Gasteiger partial charge in [0.15, 0.2) is 5.69 Å². The number of rotatable bonds is 5. The van der Waals surface area contributed by atoms with E-state index in [1.807, 2.05) is 41.6 Å². The highest BCUT2D eigenvalue weighted by Crippen LogP contribution is 2.27. The molecule has 2 aromatic heterocycles. The molecule has 1 aliphatic rings. The zero-order valence-corrected chi connectivity index (χ0v) is 15.9. The first-order chi connectivity index (χ1) is 13.1. The lowest BCUT2D eigenvalue weighted by molar-refractivity contribution is 0.0699. The van der Waals surface area contributed by atoms with Gasteiger partial charge in [0, 0.05) is 49.9 Å². The van der Waals surface area contributed by atoms with Crippen LogP contribution >= 0.6 is 0 Å². The molecule has 0 saturated carbocycles. The van der Waals surface area contributed by atoms with Gasteiger partial charge in [-0.3, -0.25) is 9.89 Å². The van der Waals surface area contributed by atoms with Crippen molar-refractivity contribution in [2.75, 3.05) is 33.7 Å². The number of para-hydroxylation sites is 1. The van der Waals surface area contributed by atoms with Crippen LogP contribution < -0.4 is 0 Å². The summed E-state index contributed by atoms with van der Waals surface area (Å²) in [6.07, 6.45) is 5.96. The molecule has 1 saturated heterocycles. The van der Waals surface area contributed by atoms with Crippen molar-refractivity contribution in [2.45, 2.75) is 25.3 Å². The van der Waals surface area contributed by atoms with E-state index in [9.17, 15) is 4.79 Å². The highest BCUT2D eigenvalue weighted by molar-refractivity contribution is 6.04. The first-order valence-corrected chi connectivity index (χ1v) is 9.51. The molecular formula is C20H26N6O. The number of aromatic nitrogens is 4. The number of piperidine rings is 1. The fourth-order valence-electron chi connectivity index (χ4n) is 3.83. The van der Waals surface area contributed by atoms with E-state index in [1.54, 1.807) is 0 Å². The molecule has 0 spiro atoms. The third-order valence-corrected chi connectivity index (χ3v) is 5.28. The normalized spacial score (nSPS) is 17.7. The number of benzene rings is 1. The predicted molar refractivity (Wildman–Crippen MR) is 105 cm³/mol. The van der Waals surface area contributed by atoms with Crippen LogP contribution in [-0.2, 0) is 6.54 Å². The summed E-state index contributed by atoms with van der Waals surface area (Å²) in [7, 11) is 4.15. The second-order valence-electron chi connectivity index (χ2n) is 7.49. The zero-order valence-electron chi connectivity index (χ0n) is 15.9. The Balaban J connectivity index is 1.52. The predicted octanol–water partition coefficient (Wildman–Crippen LogP) is 2.34. The summed E-state index contributed by atoms with van der Waals surface area (Å²) in [6.45, 7) is 3.35. The van der Waals surface area contributed by atoms with Gasteiger partial charge in [-0.05, 0) is 33.0 Å². The Labute approximate surface area is 159 Å². The van der Waals surface area contributed by atoms with E-state index in [0.29, 0.717) is 12.2 Å². The number of fused-ring (bicyclic) bond motifs is 1. The number of nitrogens with zero attached hydrogens (tertiary/aromatic N) is 5. The van der Waals surface area contributed by atoms with Crippen LogP contribution in [0.1, 0.15) is 35.1 Å². The number of carbonyl (C=O) groups excluding carboxylic acids is 1. The van der Waals surface area contributed by atoms with Gasteiger partial charge in [0.05, 0.1) is 5.52 Å². The summed E-state index contributed by atoms with van der Waals surface area (Å²) in [5.74, 6) is 1.36. The van der Waals surface area contributed by atoms with Crippen molar-refractivity contribution in [1.29, 1.82) is 0 Å². The Morgan fingerprint density at radius 1 is 1.33 bits per heavy atom. The molecule has 4 rings (SSSR count). The zero-order chi connectivity index (χ0) is 18.8. The van der Waals surface area contributed by atoms with Crippen molar-refractivity contribution in [3.63, 3.8) is 0 Å². The van der Waals surface area contributed by atoms with E-state index in [1.165, 1.54) is 0 Å². The van der Waals surface area contributed by atoms with Crippen molar-refractivity contribution in [3.8, 4) is 0 Å². The Kier molecular flexibility index (Phi) is 4.94. The SMILES string of the molecule is CN(C)CCn1ccnc1[C@@H]1CCCN(C(=O)c2n[nH]c3ccccc23)C1. The summed E-state index contributed by atoms with van der Waals surface area (Å²) >= 11 is 0. The summed E-state index contributed by atoms with van der Waals surface area (Å²) in [5.41, 5.74) is 1.41. The maximum atomic E-state index is 13.1. The molecule has 3 heterocycles. The van der Waals surface area contributed by atoms with Gasteiger partial charge < -0.3 is 14.4 Å². The minimum atomic E-state index is 0.00328. The number of H-pyrrole nitrogens is 1. The molecule has 1 aliphatic heterocycles. The first-order valence-electron chi connectivity index (χ1n) is 9.51. The highest BCUT2D eigenvalue weighted by Gasteiger charge is 2.29. The van der Waals surface area contributed by atoms with E-state index in [-0.39, 0.29) is 11.8 Å². The Morgan fingerprint density at radius 2 is 2.19 bits per heavy atom. The molecule has 0 aliphatic carbocycles. The topological polar surface area (TPSA) is 70.1 Å². The standard InChI is InChI=1S/C20H26N6O/c1-24(2)12-13-25-11-9-21-19(25)15-6-5-10-26(14-15)20(27)18-16-7-3-4-8-17(16)22-23-18/h3-4,7-9,11,15H,5-6,10,12-14H2,1-2H3,(H,22,23)/t15-/m1/s1. The smallest absolute Gasteiger partial charge is 0.275 e. The average Bonchev–Trinajstić information content (AvgIpc) is 3.33. The molecule has 1 N–H and O–H groups in total. The molecule has 1 atom stereocenters. The highest BCUT2D eigenvalue weighted by atomic mass is 16.2. The third kappa shape index (κ3) is 3.60. The van der Waals surface area contributed by atoms with Crippen molar-refractivity contribution in [2.24, 2.45) is 0 Å². The monoisotopic (exact) mass is 366 g/mol. The molecule has 0 radical (unpaired) electrons. The van der Waals surface area contributed by atoms with Crippen LogP contribution in [0.25, 0.3) is 10.9 Å². The van der Waals surface area contributed by atoms with Gasteiger partial charge in [0.2, 0.25) is 0 Å². The van der Waals surface area contributed by atoms with Crippen LogP contribution in [0.3, 0.4) is 0 Å². The summed E-state index contributed by atoms with van der Waals surface area (Å²) in [5, 5.41) is 8.13. The first kappa shape index (κ1) is 17.7. The minimum absolute atomic E-state index is 0.00328. The maximum absolute atomic E-state index is 13.1. The van der Waals surface area contributed by atoms with Crippen molar-refractivity contribution in [3.05, 3.63) is 48.2 Å². The number of carbonyl (C=O) groups is 1. The van der Waals surface area contributed by atoms with E-state index in [2.05, 4.69) is 38.7 Å². The molecule has 0 bridgehead atoms. The van der Waals surface area contributed by atoms with Gasteiger partial charge in [0.1, 0.15) is 5.82 Å². The minimum Gasteiger partial charge on any atom is -0.337 e. The molecule has 7 heteroatoms. The van der Waals surface area contributed by atoms with Crippen LogP contribution in [-0.4, -0.2) is 69.2 Å². The van der Waals surface area contributed by atoms with E-state index in [0.717, 1.165) is 49.2 Å². The lowest BCUT2D eigenvalue weighted by Crippen LogP contribution is -2.40. The molecule has 1 aromatic carbocycles. The Bertz CT molecular complexity index is 927. The number of nitrogens with one attached hydrogen (secondary N) is 1. The van der Waals surface area contributed by atoms with Crippen molar-refractivity contribution < 1.29 is 4.79 Å². The quantitative estimate of drug-likeness (QED) is 0.752. The second-order valence-corrected chi connectivity index (χ2v) is 7.49. The molecule has 0 unspecified atom stereocenters. The molecular weight excluding hydrogens is 340 g/mol. The van der Waals surface area contributed by atoms with E-state index >= 15 is 0 Å². The molecule has 1 fully saturated rings. The van der Waals surface area contributed by atoms with Crippen molar-refractivity contribution in [1.82, 2.24) is 29.5 Å². The molecule has 1 amide bonds. The van der Waals surface area contributed by atoms with Crippen LogP contribution in [0.2, 0.25) is 0 Å². The number of likely N-dealkylation sites (N-methyl/N-ethyl adjacent to an activating group) is 1. The number of amides is 1. The third-order valence-electron chi connectivity index (χ3n) is 5.28. The fraction of sp³-hybridized carbons (Fsp3) is 0.450. The molecule has 7 nitrogen and oxygen atoms in total. The summed E-state index contributed by atoms with van der Waals surface area (Å²) in [4.78, 5) is 21.8. The molecule has 142 valence electrons. The Hall–Kier alpha value is -2.67. The number of likely N-dealkylation sites (tertiary alicyclic amines) is 1. The van der Waals surface area contributed by atoms with E-state index in [4.69, 9.17) is 0 Å². The van der Waals surface area contributed by atoms with E-state index < -0.39 is 0 Å². The van der Waals surface area contributed by atoms with Crippen LogP contribution in [0.15, 0.2) is 36.7 Å². The largest absolute Gasteiger partial charge is 0.337 e. The van der Waals surface area contributed by atoms with Crippen LogP contribution in [0.5, 0.6) is 0 Å². The van der Waals surface area contributed by atoms with Gasteiger partial charge in [-0.25, -0.2) is 4.98 Å². The molecule has 3 aromatic rings. The van der Waals surface area contributed by atoms with Crippen molar-refractivity contribution >= 4 is 16.8 Å².